The number of benzene rings is 3. The predicted octanol–water partition coefficient (Wildman–Crippen LogP) is 6.18. The molecule has 1 N–H and O–H groups in total. The van der Waals surface area contributed by atoms with Gasteiger partial charge < -0.3 is 14.8 Å². The number of halogens is 2. The van der Waals surface area contributed by atoms with Crippen LogP contribution in [0, 0.1) is 0 Å². The summed E-state index contributed by atoms with van der Waals surface area (Å²) in [6.45, 7) is 0.405. The molecule has 0 bridgehead atoms. The number of ether oxygens (including phenoxy) is 2. The first-order valence-electron chi connectivity index (χ1n) is 8.92. The van der Waals surface area contributed by atoms with Gasteiger partial charge in [0.1, 0.15) is 6.61 Å². The molecular formula is C23H17BrClNO3. The van der Waals surface area contributed by atoms with E-state index in [9.17, 15) is 4.79 Å². The Morgan fingerprint density at radius 3 is 2.59 bits per heavy atom. The molecule has 0 atom stereocenters. The molecule has 0 aromatic heterocycles. The van der Waals surface area contributed by atoms with Gasteiger partial charge in [-0.3, -0.25) is 4.79 Å². The maximum absolute atomic E-state index is 12.4. The van der Waals surface area contributed by atoms with Crippen LogP contribution in [0.15, 0.2) is 65.1 Å². The lowest BCUT2D eigenvalue weighted by Crippen LogP contribution is -2.03. The number of rotatable bonds is 5. The van der Waals surface area contributed by atoms with Crippen LogP contribution in [0.25, 0.3) is 11.6 Å². The average Bonchev–Trinajstić information content (AvgIpc) is 3.02. The van der Waals surface area contributed by atoms with Gasteiger partial charge in [-0.15, -0.1) is 0 Å². The summed E-state index contributed by atoms with van der Waals surface area (Å²) in [6, 6.07) is 18.8. The van der Waals surface area contributed by atoms with Crippen LogP contribution < -0.4 is 14.8 Å². The van der Waals surface area contributed by atoms with Gasteiger partial charge in [0, 0.05) is 26.3 Å². The van der Waals surface area contributed by atoms with Gasteiger partial charge >= 0.3 is 0 Å². The van der Waals surface area contributed by atoms with Gasteiger partial charge in [-0.05, 0) is 59.7 Å². The van der Waals surface area contributed by atoms with E-state index >= 15 is 0 Å². The quantitative estimate of drug-likeness (QED) is 0.453. The van der Waals surface area contributed by atoms with E-state index in [2.05, 4.69) is 21.2 Å². The fraction of sp³-hybridized carbons (Fsp3) is 0.0870. The highest BCUT2D eigenvalue weighted by Crippen LogP contribution is 2.36. The summed E-state index contributed by atoms with van der Waals surface area (Å²) in [7, 11) is 1.60. The molecule has 0 unspecified atom stereocenters. The summed E-state index contributed by atoms with van der Waals surface area (Å²) in [6.07, 6.45) is 1.82. The van der Waals surface area contributed by atoms with Crippen molar-refractivity contribution in [3.63, 3.8) is 0 Å². The molecular weight excluding hydrogens is 454 g/mol. The Hall–Kier alpha value is -2.76. The van der Waals surface area contributed by atoms with E-state index in [1.807, 2.05) is 48.5 Å². The summed E-state index contributed by atoms with van der Waals surface area (Å²) in [5.41, 5.74) is 3.97. The zero-order valence-electron chi connectivity index (χ0n) is 15.5. The molecule has 3 aromatic carbocycles. The first-order valence-corrected chi connectivity index (χ1v) is 10.1. The number of methoxy groups -OCH3 is 1. The van der Waals surface area contributed by atoms with Gasteiger partial charge in [-0.25, -0.2) is 0 Å². The summed E-state index contributed by atoms with van der Waals surface area (Å²) >= 11 is 9.54. The van der Waals surface area contributed by atoms with Gasteiger partial charge in [-0.2, -0.15) is 0 Å². The minimum absolute atomic E-state index is 0.157. The van der Waals surface area contributed by atoms with E-state index in [1.165, 1.54) is 0 Å². The van der Waals surface area contributed by atoms with E-state index in [1.54, 1.807) is 25.3 Å². The molecule has 0 radical (unpaired) electrons. The number of hydrogen-bond acceptors (Lipinski definition) is 3. The van der Waals surface area contributed by atoms with Crippen molar-refractivity contribution < 1.29 is 14.3 Å². The molecule has 1 aliphatic heterocycles. The lowest BCUT2D eigenvalue weighted by atomic mass is 10.0. The average molecular weight is 471 g/mol. The lowest BCUT2D eigenvalue weighted by molar-refractivity contribution is -0.110. The molecule has 0 fully saturated rings. The second kappa shape index (κ2) is 8.31. The second-order valence-electron chi connectivity index (χ2n) is 6.53. The van der Waals surface area contributed by atoms with E-state index < -0.39 is 0 Å². The minimum atomic E-state index is -0.157. The molecule has 0 saturated carbocycles. The number of fused-ring (bicyclic) bond motifs is 1. The third-order valence-corrected chi connectivity index (χ3v) is 5.33. The molecule has 146 valence electrons. The van der Waals surface area contributed by atoms with Crippen molar-refractivity contribution in [2.24, 2.45) is 0 Å². The number of amides is 1. The molecule has 4 nitrogen and oxygen atoms in total. The van der Waals surface area contributed by atoms with Crippen LogP contribution in [0.4, 0.5) is 5.69 Å². The van der Waals surface area contributed by atoms with Crippen LogP contribution >= 0.6 is 27.5 Å². The Kier molecular flexibility index (Phi) is 5.60. The Bertz CT molecular complexity index is 1110. The van der Waals surface area contributed by atoms with Crippen LogP contribution in [-0.4, -0.2) is 13.0 Å². The number of nitrogens with one attached hydrogen (secondary N) is 1. The Balaban J connectivity index is 1.63. The van der Waals surface area contributed by atoms with Crippen LogP contribution in [0.3, 0.4) is 0 Å². The molecule has 0 aliphatic carbocycles. The number of anilines is 1. The zero-order chi connectivity index (χ0) is 20.4. The molecule has 1 heterocycles. The Labute approximate surface area is 182 Å². The van der Waals surface area contributed by atoms with Crippen LogP contribution in [0.5, 0.6) is 11.5 Å². The standard InChI is InChI=1S/C23H17BrClNO3/c1-28-21-9-4-15(11-22(21)29-13-14-2-5-16(24)6-3-14)10-19-18-12-17(25)7-8-20(18)26-23(19)27/h2-12H,13H2,1H3,(H,26,27)/b19-10-. The zero-order valence-corrected chi connectivity index (χ0v) is 17.9. The largest absolute Gasteiger partial charge is 0.493 e. The highest BCUT2D eigenvalue weighted by Gasteiger charge is 2.24. The first-order chi connectivity index (χ1) is 14.0. The molecule has 4 rings (SSSR count). The fourth-order valence-electron chi connectivity index (χ4n) is 3.11. The van der Waals surface area contributed by atoms with E-state index in [-0.39, 0.29) is 5.91 Å². The van der Waals surface area contributed by atoms with Crippen LogP contribution in [0.2, 0.25) is 5.02 Å². The van der Waals surface area contributed by atoms with Crippen molar-refractivity contribution in [3.8, 4) is 11.5 Å². The summed E-state index contributed by atoms with van der Waals surface area (Å²) in [5.74, 6) is 1.08. The summed E-state index contributed by atoms with van der Waals surface area (Å²) in [4.78, 5) is 12.4. The number of carbonyl (C=O) groups excluding carboxylic acids is 1. The topological polar surface area (TPSA) is 47.6 Å². The van der Waals surface area contributed by atoms with E-state index in [0.717, 1.165) is 26.9 Å². The van der Waals surface area contributed by atoms with Crippen molar-refractivity contribution in [2.45, 2.75) is 6.61 Å². The maximum Gasteiger partial charge on any atom is 0.256 e. The van der Waals surface area contributed by atoms with Crippen molar-refractivity contribution in [1.82, 2.24) is 0 Å². The van der Waals surface area contributed by atoms with Gasteiger partial charge in [0.15, 0.2) is 11.5 Å². The number of hydrogen-bond donors (Lipinski definition) is 1. The van der Waals surface area contributed by atoms with Gasteiger partial charge in [0.25, 0.3) is 5.91 Å². The third kappa shape index (κ3) is 4.31. The van der Waals surface area contributed by atoms with Gasteiger partial charge in [-0.1, -0.05) is 45.7 Å². The highest BCUT2D eigenvalue weighted by atomic mass is 79.9. The summed E-state index contributed by atoms with van der Waals surface area (Å²) < 4.78 is 12.4. The molecule has 3 aromatic rings. The first kappa shape index (κ1) is 19.6. The Morgan fingerprint density at radius 2 is 1.83 bits per heavy atom. The highest BCUT2D eigenvalue weighted by molar-refractivity contribution is 9.10. The van der Waals surface area contributed by atoms with Crippen LogP contribution in [0.1, 0.15) is 16.7 Å². The predicted molar refractivity (Wildman–Crippen MR) is 119 cm³/mol. The number of carbonyl (C=O) groups is 1. The smallest absolute Gasteiger partial charge is 0.256 e. The van der Waals surface area contributed by atoms with Crippen molar-refractivity contribution in [2.75, 3.05) is 12.4 Å². The molecule has 0 saturated heterocycles. The lowest BCUT2D eigenvalue weighted by Gasteiger charge is -2.12. The van der Waals surface area contributed by atoms with E-state index in [0.29, 0.717) is 28.7 Å². The molecule has 1 amide bonds. The van der Waals surface area contributed by atoms with Crippen molar-refractivity contribution >= 4 is 50.8 Å². The molecule has 1 aliphatic rings. The monoisotopic (exact) mass is 469 g/mol. The fourth-order valence-corrected chi connectivity index (χ4v) is 3.54. The van der Waals surface area contributed by atoms with Gasteiger partial charge in [0.2, 0.25) is 0 Å². The van der Waals surface area contributed by atoms with Crippen molar-refractivity contribution in [1.29, 1.82) is 0 Å². The van der Waals surface area contributed by atoms with Crippen LogP contribution in [-0.2, 0) is 11.4 Å². The van der Waals surface area contributed by atoms with Gasteiger partial charge in [0.05, 0.1) is 7.11 Å². The summed E-state index contributed by atoms with van der Waals surface area (Å²) in [5, 5.41) is 3.44. The minimum Gasteiger partial charge on any atom is -0.493 e. The molecule has 29 heavy (non-hydrogen) atoms. The third-order valence-electron chi connectivity index (χ3n) is 4.57. The Morgan fingerprint density at radius 1 is 1.03 bits per heavy atom. The SMILES string of the molecule is COc1ccc(/C=C2\C(=O)Nc3ccc(Cl)cc32)cc1OCc1ccc(Br)cc1. The maximum atomic E-state index is 12.4. The normalized spacial score (nSPS) is 13.9. The van der Waals surface area contributed by atoms with E-state index in [4.69, 9.17) is 21.1 Å². The second-order valence-corrected chi connectivity index (χ2v) is 7.88. The molecule has 6 heteroatoms. The van der Waals surface area contributed by atoms with Crippen molar-refractivity contribution in [3.05, 3.63) is 86.8 Å². The molecule has 0 spiro atoms.